The van der Waals surface area contributed by atoms with Gasteiger partial charge in [-0.2, -0.15) is 0 Å². The van der Waals surface area contributed by atoms with Crippen molar-refractivity contribution < 1.29 is 0 Å². The Bertz CT molecular complexity index is 502. The van der Waals surface area contributed by atoms with E-state index in [0.29, 0.717) is 6.04 Å². The van der Waals surface area contributed by atoms with E-state index in [-0.39, 0.29) is 5.41 Å². The number of benzene rings is 1. The highest BCUT2D eigenvalue weighted by Crippen LogP contribution is 2.27. The Balaban J connectivity index is 1.97. The van der Waals surface area contributed by atoms with E-state index in [1.54, 1.807) is 0 Å². The van der Waals surface area contributed by atoms with Gasteiger partial charge in [0.1, 0.15) is 0 Å². The third-order valence-electron chi connectivity index (χ3n) is 3.41. The lowest BCUT2D eigenvalue weighted by Gasteiger charge is -2.26. The molecule has 0 radical (unpaired) electrons. The van der Waals surface area contributed by atoms with Crippen LogP contribution >= 0.6 is 22.9 Å². The smallest absolute Gasteiger partial charge is 0.0406 e. The predicted octanol–water partition coefficient (Wildman–Crippen LogP) is 5.03. The number of hydrogen-bond acceptors (Lipinski definition) is 2. The highest BCUT2D eigenvalue weighted by molar-refractivity contribution is 7.10. The van der Waals surface area contributed by atoms with Crippen LogP contribution in [-0.4, -0.2) is 6.54 Å². The summed E-state index contributed by atoms with van der Waals surface area (Å²) in [5.74, 6) is 0. The Hall–Kier alpha value is -0.830. The van der Waals surface area contributed by atoms with Gasteiger partial charge in [0, 0.05) is 27.9 Å². The topological polar surface area (TPSA) is 12.0 Å². The first-order valence-electron chi connectivity index (χ1n) is 6.52. The van der Waals surface area contributed by atoms with Gasteiger partial charge in [-0.15, -0.1) is 11.3 Å². The average molecular weight is 294 g/mol. The lowest BCUT2D eigenvalue weighted by molar-refractivity contribution is 0.441. The van der Waals surface area contributed by atoms with E-state index in [0.717, 1.165) is 11.6 Å². The second-order valence-corrected chi connectivity index (χ2v) is 6.90. The van der Waals surface area contributed by atoms with E-state index < -0.39 is 0 Å². The minimum absolute atomic E-state index is 0.162. The molecule has 1 nitrogen and oxygen atoms in total. The lowest BCUT2D eigenvalue weighted by atomic mass is 9.91. The molecule has 2 aromatic rings. The van der Waals surface area contributed by atoms with Crippen LogP contribution in [0.5, 0.6) is 0 Å². The summed E-state index contributed by atoms with van der Waals surface area (Å²) in [4.78, 5) is 1.42. The first-order valence-corrected chi connectivity index (χ1v) is 7.77. The zero-order valence-corrected chi connectivity index (χ0v) is 13.2. The van der Waals surface area contributed by atoms with Crippen LogP contribution in [0.25, 0.3) is 0 Å². The maximum absolute atomic E-state index is 5.91. The molecule has 1 aromatic heterocycles. The molecule has 1 N–H and O–H groups in total. The molecule has 102 valence electrons. The normalized spacial score (nSPS) is 13.5. The first-order chi connectivity index (χ1) is 8.99. The Morgan fingerprint density at radius 1 is 1.21 bits per heavy atom. The Morgan fingerprint density at radius 2 is 1.89 bits per heavy atom. The van der Waals surface area contributed by atoms with Crippen LogP contribution in [0.1, 0.15) is 37.3 Å². The molecule has 0 bridgehead atoms. The summed E-state index contributed by atoms with van der Waals surface area (Å²) >= 11 is 7.74. The van der Waals surface area contributed by atoms with Crippen molar-refractivity contribution in [3.63, 3.8) is 0 Å². The Kier molecular flexibility index (Phi) is 4.67. The zero-order chi connectivity index (χ0) is 13.9. The van der Waals surface area contributed by atoms with Gasteiger partial charge in [0.25, 0.3) is 0 Å². The molecule has 3 heteroatoms. The van der Waals surface area contributed by atoms with Gasteiger partial charge in [0.15, 0.2) is 0 Å². The molecule has 0 aliphatic carbocycles. The van der Waals surface area contributed by atoms with Gasteiger partial charge < -0.3 is 5.32 Å². The highest BCUT2D eigenvalue weighted by atomic mass is 35.5. The second-order valence-electron chi connectivity index (χ2n) is 5.52. The third kappa shape index (κ3) is 3.82. The van der Waals surface area contributed by atoms with Gasteiger partial charge in [0.2, 0.25) is 0 Å². The fourth-order valence-electron chi connectivity index (χ4n) is 2.03. The second kappa shape index (κ2) is 6.08. The number of halogens is 1. The summed E-state index contributed by atoms with van der Waals surface area (Å²) < 4.78 is 0. The molecule has 2 rings (SSSR count). The van der Waals surface area contributed by atoms with E-state index in [1.165, 1.54) is 10.4 Å². The molecule has 0 amide bonds. The number of rotatable bonds is 5. The standard InChI is InChI=1S/C16H20ClNS/c1-12(13-6-8-14(17)9-7-13)18-11-16(2,3)15-5-4-10-19-15/h4-10,12,18H,11H2,1-3H3. The quantitative estimate of drug-likeness (QED) is 0.815. The molecule has 0 spiro atoms. The predicted molar refractivity (Wildman–Crippen MR) is 85.2 cm³/mol. The lowest BCUT2D eigenvalue weighted by Crippen LogP contribution is -2.33. The van der Waals surface area contributed by atoms with Crippen LogP contribution in [0.2, 0.25) is 5.02 Å². The maximum Gasteiger partial charge on any atom is 0.0406 e. The number of thiophene rings is 1. The molecule has 0 saturated heterocycles. The minimum Gasteiger partial charge on any atom is -0.309 e. The van der Waals surface area contributed by atoms with Crippen LogP contribution in [-0.2, 0) is 5.41 Å². The summed E-state index contributed by atoms with van der Waals surface area (Å²) in [6.45, 7) is 7.70. The van der Waals surface area contributed by atoms with E-state index in [4.69, 9.17) is 11.6 Å². The highest BCUT2D eigenvalue weighted by Gasteiger charge is 2.22. The van der Waals surface area contributed by atoms with Crippen LogP contribution in [0, 0.1) is 0 Å². The molecule has 0 aliphatic rings. The molecule has 1 aromatic carbocycles. The Labute approximate surface area is 124 Å². The SMILES string of the molecule is CC(NCC(C)(C)c1cccs1)c1ccc(Cl)cc1. The van der Waals surface area contributed by atoms with E-state index in [1.807, 2.05) is 23.5 Å². The molecule has 19 heavy (non-hydrogen) atoms. The number of hydrogen-bond donors (Lipinski definition) is 1. The molecule has 0 fully saturated rings. The van der Waals surface area contributed by atoms with Gasteiger partial charge in [-0.1, -0.05) is 43.6 Å². The third-order valence-corrected chi connectivity index (χ3v) is 4.90. The molecule has 1 unspecified atom stereocenters. The van der Waals surface area contributed by atoms with Gasteiger partial charge >= 0.3 is 0 Å². The Morgan fingerprint density at radius 3 is 2.47 bits per heavy atom. The molecular weight excluding hydrogens is 274 g/mol. The van der Waals surface area contributed by atoms with Crippen molar-refractivity contribution >= 4 is 22.9 Å². The fourth-order valence-corrected chi connectivity index (χ4v) is 3.01. The summed E-state index contributed by atoms with van der Waals surface area (Å²) in [7, 11) is 0. The molecule has 1 heterocycles. The van der Waals surface area contributed by atoms with Crippen molar-refractivity contribution in [1.82, 2.24) is 5.32 Å². The molecular formula is C16H20ClNS. The van der Waals surface area contributed by atoms with Gasteiger partial charge in [0.05, 0.1) is 0 Å². The summed E-state index contributed by atoms with van der Waals surface area (Å²) in [5.41, 5.74) is 1.43. The van der Waals surface area contributed by atoms with Crippen molar-refractivity contribution in [2.45, 2.75) is 32.2 Å². The molecule has 1 atom stereocenters. The van der Waals surface area contributed by atoms with Crippen molar-refractivity contribution in [2.24, 2.45) is 0 Å². The average Bonchev–Trinajstić information content (AvgIpc) is 2.91. The molecule has 0 saturated carbocycles. The van der Waals surface area contributed by atoms with Crippen molar-refractivity contribution in [2.75, 3.05) is 6.54 Å². The van der Waals surface area contributed by atoms with Gasteiger partial charge in [-0.25, -0.2) is 0 Å². The van der Waals surface area contributed by atoms with Crippen LogP contribution in [0.4, 0.5) is 0 Å². The van der Waals surface area contributed by atoms with Crippen LogP contribution in [0.15, 0.2) is 41.8 Å². The first kappa shape index (κ1) is 14.6. The largest absolute Gasteiger partial charge is 0.309 e. The fraction of sp³-hybridized carbons (Fsp3) is 0.375. The monoisotopic (exact) mass is 293 g/mol. The van der Waals surface area contributed by atoms with Crippen LogP contribution in [0.3, 0.4) is 0 Å². The zero-order valence-electron chi connectivity index (χ0n) is 11.6. The summed E-state index contributed by atoms with van der Waals surface area (Å²) in [5, 5.41) is 6.54. The number of nitrogens with one attached hydrogen (secondary N) is 1. The van der Waals surface area contributed by atoms with E-state index in [9.17, 15) is 0 Å². The van der Waals surface area contributed by atoms with Crippen molar-refractivity contribution in [3.05, 3.63) is 57.2 Å². The summed E-state index contributed by atoms with van der Waals surface area (Å²) in [6, 6.07) is 12.7. The van der Waals surface area contributed by atoms with Crippen LogP contribution < -0.4 is 5.32 Å². The van der Waals surface area contributed by atoms with Gasteiger partial charge in [-0.3, -0.25) is 0 Å². The maximum atomic E-state index is 5.91. The molecule has 0 aliphatic heterocycles. The van der Waals surface area contributed by atoms with Crippen molar-refractivity contribution in [1.29, 1.82) is 0 Å². The van der Waals surface area contributed by atoms with E-state index >= 15 is 0 Å². The van der Waals surface area contributed by atoms with Gasteiger partial charge in [-0.05, 0) is 36.1 Å². The summed E-state index contributed by atoms with van der Waals surface area (Å²) in [6.07, 6.45) is 0. The minimum atomic E-state index is 0.162. The van der Waals surface area contributed by atoms with Crippen molar-refractivity contribution in [3.8, 4) is 0 Å². The van der Waals surface area contributed by atoms with E-state index in [2.05, 4.69) is 55.7 Å².